The summed E-state index contributed by atoms with van der Waals surface area (Å²) in [5, 5.41) is 0. The maximum atomic E-state index is 5.82. The predicted octanol–water partition coefficient (Wildman–Crippen LogP) is 3.30. The van der Waals surface area contributed by atoms with Crippen molar-refractivity contribution in [1.82, 2.24) is 10.3 Å². The van der Waals surface area contributed by atoms with Crippen molar-refractivity contribution in [3.05, 3.63) is 0 Å². The number of likely N-dealkylation sites (N-methyl/N-ethyl adjacent to an activating group) is 1. The van der Waals surface area contributed by atoms with Gasteiger partial charge in [-0.15, -0.1) is 0 Å². The van der Waals surface area contributed by atoms with E-state index in [-0.39, 0.29) is 5.54 Å². The van der Waals surface area contributed by atoms with Crippen LogP contribution >= 0.6 is 0 Å². The van der Waals surface area contributed by atoms with Crippen LogP contribution in [0.2, 0.25) is 0 Å². The van der Waals surface area contributed by atoms with E-state index in [0.717, 1.165) is 19.5 Å². The number of hydrogen-bond acceptors (Lipinski definition) is 3. The van der Waals surface area contributed by atoms with Crippen LogP contribution in [0.25, 0.3) is 0 Å². The summed E-state index contributed by atoms with van der Waals surface area (Å²) in [6.45, 7) is 13.5. The second-order valence-corrected chi connectivity index (χ2v) is 5.45. The lowest BCUT2D eigenvalue weighted by Crippen LogP contribution is -2.60. The number of hydrogen-bond donors (Lipinski definition) is 2. The number of nitrogens with zero attached hydrogens (tertiary/aromatic N) is 1. The molecule has 0 aliphatic heterocycles. The fraction of sp³-hybridized carbons (Fsp3) is 1.00. The molecule has 0 bridgehead atoms. The molecule has 0 aromatic carbocycles. The highest BCUT2D eigenvalue weighted by molar-refractivity contribution is 4.94. The Hall–Kier alpha value is -0.120. The van der Waals surface area contributed by atoms with Crippen LogP contribution in [-0.2, 0) is 0 Å². The minimum atomic E-state index is 0.171. The van der Waals surface area contributed by atoms with E-state index in [1.807, 2.05) is 0 Å². The molecule has 2 atom stereocenters. The predicted molar refractivity (Wildman–Crippen MR) is 81.5 cm³/mol. The van der Waals surface area contributed by atoms with Crippen LogP contribution in [0.5, 0.6) is 0 Å². The molecule has 0 heterocycles. The van der Waals surface area contributed by atoms with Gasteiger partial charge < -0.3 is 0 Å². The van der Waals surface area contributed by atoms with Crippen LogP contribution in [0.4, 0.5) is 0 Å². The van der Waals surface area contributed by atoms with E-state index in [2.05, 4.69) is 44.9 Å². The van der Waals surface area contributed by atoms with Gasteiger partial charge in [-0.2, -0.15) is 0 Å². The molecule has 110 valence electrons. The van der Waals surface area contributed by atoms with Crippen molar-refractivity contribution in [3.8, 4) is 0 Å². The second kappa shape index (κ2) is 9.76. The van der Waals surface area contributed by atoms with E-state index in [1.54, 1.807) is 0 Å². The summed E-state index contributed by atoms with van der Waals surface area (Å²) in [6.07, 6.45) is 7.55. The van der Waals surface area contributed by atoms with Crippen molar-refractivity contribution in [3.63, 3.8) is 0 Å². The summed E-state index contributed by atoms with van der Waals surface area (Å²) in [4.78, 5) is 2.54. The molecule has 0 aromatic rings. The number of hydrazine groups is 1. The number of unbranched alkanes of at least 4 members (excludes halogenated alkanes) is 3. The Kier molecular flexibility index (Phi) is 9.70. The topological polar surface area (TPSA) is 41.3 Å². The van der Waals surface area contributed by atoms with Crippen molar-refractivity contribution in [1.29, 1.82) is 0 Å². The molecule has 0 amide bonds. The van der Waals surface area contributed by atoms with Gasteiger partial charge in [0.25, 0.3) is 0 Å². The highest BCUT2D eigenvalue weighted by Crippen LogP contribution is 2.26. The third-order valence-corrected chi connectivity index (χ3v) is 4.50. The Labute approximate surface area is 114 Å². The fourth-order valence-electron chi connectivity index (χ4n) is 2.99. The Morgan fingerprint density at radius 1 is 1.06 bits per heavy atom. The van der Waals surface area contributed by atoms with Crippen molar-refractivity contribution >= 4 is 0 Å². The van der Waals surface area contributed by atoms with Gasteiger partial charge in [0.2, 0.25) is 0 Å². The van der Waals surface area contributed by atoms with Crippen LogP contribution < -0.4 is 11.3 Å². The minimum Gasteiger partial charge on any atom is -0.297 e. The summed E-state index contributed by atoms with van der Waals surface area (Å²) in [5.41, 5.74) is 3.25. The number of nitrogens with two attached hydrogens (primary N) is 1. The second-order valence-electron chi connectivity index (χ2n) is 5.45. The summed E-state index contributed by atoms with van der Waals surface area (Å²) in [6, 6.07) is 0.388. The zero-order valence-electron chi connectivity index (χ0n) is 13.3. The molecule has 0 spiro atoms. The SMILES string of the molecule is CCCCCCC(NN)C(C)(CC)N(CC)CC. The molecule has 18 heavy (non-hydrogen) atoms. The molecular weight excluding hydrogens is 222 g/mol. The summed E-state index contributed by atoms with van der Waals surface area (Å²) < 4.78 is 0. The average Bonchev–Trinajstić information content (AvgIpc) is 2.39. The molecule has 0 aromatic heterocycles. The lowest BCUT2D eigenvalue weighted by molar-refractivity contribution is 0.0656. The Morgan fingerprint density at radius 3 is 2.06 bits per heavy atom. The van der Waals surface area contributed by atoms with Crippen LogP contribution in [0.1, 0.15) is 73.1 Å². The third-order valence-electron chi connectivity index (χ3n) is 4.50. The van der Waals surface area contributed by atoms with Gasteiger partial charge in [-0.25, -0.2) is 0 Å². The third kappa shape index (κ3) is 4.87. The van der Waals surface area contributed by atoms with Gasteiger partial charge in [0.05, 0.1) is 0 Å². The minimum absolute atomic E-state index is 0.171. The summed E-state index contributed by atoms with van der Waals surface area (Å²) in [7, 11) is 0. The van der Waals surface area contributed by atoms with Crippen molar-refractivity contribution in [2.24, 2.45) is 5.84 Å². The van der Waals surface area contributed by atoms with Crippen LogP contribution in [0.15, 0.2) is 0 Å². The van der Waals surface area contributed by atoms with E-state index in [9.17, 15) is 0 Å². The first kappa shape index (κ1) is 17.9. The highest BCUT2D eigenvalue weighted by Gasteiger charge is 2.35. The van der Waals surface area contributed by atoms with E-state index in [0.29, 0.717) is 6.04 Å². The Bertz CT molecular complexity index is 192. The van der Waals surface area contributed by atoms with Gasteiger partial charge in [0.15, 0.2) is 0 Å². The largest absolute Gasteiger partial charge is 0.297 e. The van der Waals surface area contributed by atoms with Crippen molar-refractivity contribution in [2.75, 3.05) is 13.1 Å². The van der Waals surface area contributed by atoms with Crippen LogP contribution in [-0.4, -0.2) is 29.6 Å². The Balaban J connectivity index is 4.53. The first-order valence-electron chi connectivity index (χ1n) is 7.81. The number of nitrogens with one attached hydrogen (secondary N) is 1. The van der Waals surface area contributed by atoms with E-state index < -0.39 is 0 Å². The van der Waals surface area contributed by atoms with Gasteiger partial charge in [-0.3, -0.25) is 16.2 Å². The highest BCUT2D eigenvalue weighted by atomic mass is 15.3. The van der Waals surface area contributed by atoms with Crippen molar-refractivity contribution < 1.29 is 0 Å². The molecule has 0 aliphatic carbocycles. The molecule has 3 nitrogen and oxygen atoms in total. The van der Waals surface area contributed by atoms with Gasteiger partial charge in [0.1, 0.15) is 0 Å². The maximum absolute atomic E-state index is 5.82. The van der Waals surface area contributed by atoms with Crippen molar-refractivity contribution in [2.45, 2.75) is 84.7 Å². The first-order valence-corrected chi connectivity index (χ1v) is 7.81. The zero-order chi connectivity index (χ0) is 14.0. The standard InChI is InChI=1S/C15H35N3/c1-6-10-11-12-13-14(17-16)15(5,7-2)18(8-3)9-4/h14,17H,6-13,16H2,1-5H3. The quantitative estimate of drug-likeness (QED) is 0.339. The van der Waals surface area contributed by atoms with E-state index >= 15 is 0 Å². The molecule has 3 heteroatoms. The molecule has 3 N–H and O–H groups in total. The van der Waals surface area contributed by atoms with Gasteiger partial charge in [0, 0.05) is 11.6 Å². The zero-order valence-corrected chi connectivity index (χ0v) is 13.3. The summed E-state index contributed by atoms with van der Waals surface area (Å²) in [5.74, 6) is 5.82. The monoisotopic (exact) mass is 257 g/mol. The Morgan fingerprint density at radius 2 is 1.67 bits per heavy atom. The molecule has 0 radical (unpaired) electrons. The molecule has 0 rings (SSSR count). The van der Waals surface area contributed by atoms with Crippen LogP contribution in [0, 0.1) is 0 Å². The normalized spacial score (nSPS) is 16.8. The smallest absolute Gasteiger partial charge is 0.0391 e. The molecule has 0 saturated carbocycles. The number of rotatable bonds is 11. The lowest BCUT2D eigenvalue weighted by Gasteiger charge is -2.45. The van der Waals surface area contributed by atoms with E-state index in [1.165, 1.54) is 32.1 Å². The van der Waals surface area contributed by atoms with Gasteiger partial charge in [-0.05, 0) is 32.9 Å². The molecule has 0 fully saturated rings. The molecule has 0 aliphatic rings. The summed E-state index contributed by atoms with van der Waals surface area (Å²) >= 11 is 0. The maximum Gasteiger partial charge on any atom is 0.0391 e. The first-order chi connectivity index (χ1) is 8.60. The van der Waals surface area contributed by atoms with Crippen LogP contribution in [0.3, 0.4) is 0 Å². The van der Waals surface area contributed by atoms with Gasteiger partial charge >= 0.3 is 0 Å². The fourth-order valence-corrected chi connectivity index (χ4v) is 2.99. The average molecular weight is 257 g/mol. The van der Waals surface area contributed by atoms with Gasteiger partial charge in [-0.1, -0.05) is 53.4 Å². The molecule has 2 unspecified atom stereocenters. The van der Waals surface area contributed by atoms with E-state index in [4.69, 9.17) is 5.84 Å². The molecule has 0 saturated heterocycles. The molecular formula is C15H35N3. The lowest BCUT2D eigenvalue weighted by atomic mass is 9.84.